The molecular weight excluding hydrogens is 354 g/mol. The van der Waals surface area contributed by atoms with Crippen molar-refractivity contribution in [3.05, 3.63) is 38.3 Å². The number of carbonyl (C=O) groups is 1. The minimum Gasteiger partial charge on any atom is -0.352 e. The largest absolute Gasteiger partial charge is 0.352 e. The number of nitrogens with two attached hydrogens (primary N) is 1. The van der Waals surface area contributed by atoms with Crippen molar-refractivity contribution < 1.29 is 18.1 Å². The highest BCUT2D eigenvalue weighted by Crippen LogP contribution is 2.28. The highest BCUT2D eigenvalue weighted by Gasteiger charge is 2.19. The summed E-state index contributed by atoms with van der Waals surface area (Å²) in [6.07, 6.45) is 0.164. The molecule has 0 aliphatic carbocycles. The third-order valence-electron chi connectivity index (χ3n) is 2.31. The molecule has 8 nitrogen and oxygen atoms in total. The van der Waals surface area contributed by atoms with Gasteiger partial charge in [-0.05, 0) is 28.4 Å². The summed E-state index contributed by atoms with van der Waals surface area (Å²) in [5.74, 6) is -0.779. The number of nitro benzene ring substituents is 1. The Morgan fingerprint density at radius 2 is 2.10 bits per heavy atom. The zero-order valence-electron chi connectivity index (χ0n) is 10.2. The van der Waals surface area contributed by atoms with E-state index in [1.54, 1.807) is 0 Å². The highest BCUT2D eigenvalue weighted by atomic mass is 79.9. The van der Waals surface area contributed by atoms with E-state index in [2.05, 4.69) is 21.2 Å². The van der Waals surface area contributed by atoms with Gasteiger partial charge in [0.05, 0.1) is 16.2 Å². The zero-order valence-corrected chi connectivity index (χ0v) is 12.6. The van der Waals surface area contributed by atoms with Crippen LogP contribution in [-0.4, -0.2) is 31.5 Å². The van der Waals surface area contributed by atoms with E-state index in [0.29, 0.717) is 0 Å². The molecule has 0 unspecified atom stereocenters. The number of amides is 1. The number of nitrogens with zero attached hydrogens (tertiary/aromatic N) is 1. The number of nitro groups is 1. The summed E-state index contributed by atoms with van der Waals surface area (Å²) in [7, 11) is -3.56. The Hall–Kier alpha value is -1.52. The molecule has 0 radical (unpaired) electrons. The number of primary sulfonamides is 1. The van der Waals surface area contributed by atoms with Crippen LogP contribution in [0.25, 0.3) is 0 Å². The van der Waals surface area contributed by atoms with Crippen LogP contribution in [0.1, 0.15) is 16.8 Å². The molecule has 0 fully saturated rings. The summed E-state index contributed by atoms with van der Waals surface area (Å²) in [5, 5.41) is 18.0. The number of sulfonamides is 1. The number of hydrogen-bond acceptors (Lipinski definition) is 5. The van der Waals surface area contributed by atoms with E-state index in [0.717, 1.165) is 0 Å². The number of rotatable bonds is 6. The fraction of sp³-hybridized carbons (Fsp3) is 0.300. The molecule has 20 heavy (non-hydrogen) atoms. The topological polar surface area (TPSA) is 132 Å². The van der Waals surface area contributed by atoms with Gasteiger partial charge in [-0.3, -0.25) is 14.9 Å². The van der Waals surface area contributed by atoms with Crippen LogP contribution in [0.2, 0.25) is 0 Å². The first-order valence-corrected chi connectivity index (χ1v) is 7.95. The van der Waals surface area contributed by atoms with Gasteiger partial charge in [0.15, 0.2) is 0 Å². The standard InChI is InChI=1S/C10H12BrN3O5S/c11-9-7(3-1-4-8(9)14(16)17)10(15)13-5-2-6-20(12,18)19/h1,3-4H,2,5-6H2,(H,13,15)(H2,12,18,19). The molecule has 0 aromatic heterocycles. The van der Waals surface area contributed by atoms with E-state index >= 15 is 0 Å². The first-order valence-electron chi connectivity index (χ1n) is 5.44. The van der Waals surface area contributed by atoms with E-state index < -0.39 is 20.9 Å². The van der Waals surface area contributed by atoms with Crippen LogP contribution >= 0.6 is 15.9 Å². The van der Waals surface area contributed by atoms with Crippen molar-refractivity contribution in [2.45, 2.75) is 6.42 Å². The Balaban J connectivity index is 2.69. The maximum Gasteiger partial charge on any atom is 0.284 e. The Morgan fingerprint density at radius 3 is 2.65 bits per heavy atom. The zero-order chi connectivity index (χ0) is 15.3. The van der Waals surface area contributed by atoms with E-state index in [4.69, 9.17) is 5.14 Å². The summed E-state index contributed by atoms with van der Waals surface area (Å²) in [6.45, 7) is 0.102. The molecule has 0 aliphatic rings. The summed E-state index contributed by atoms with van der Waals surface area (Å²) < 4.78 is 21.5. The van der Waals surface area contributed by atoms with Gasteiger partial charge in [0.2, 0.25) is 10.0 Å². The molecule has 0 saturated heterocycles. The van der Waals surface area contributed by atoms with Gasteiger partial charge in [0.1, 0.15) is 4.47 Å². The molecule has 0 bridgehead atoms. The monoisotopic (exact) mass is 365 g/mol. The summed E-state index contributed by atoms with van der Waals surface area (Å²) in [5.41, 5.74) is -0.114. The number of nitrogens with one attached hydrogen (secondary N) is 1. The van der Waals surface area contributed by atoms with E-state index in [-0.39, 0.29) is 34.4 Å². The highest BCUT2D eigenvalue weighted by molar-refractivity contribution is 9.10. The SMILES string of the molecule is NS(=O)(=O)CCCNC(=O)c1cccc([N+](=O)[O-])c1Br. The molecule has 1 amide bonds. The van der Waals surface area contributed by atoms with Crippen LogP contribution in [0.15, 0.2) is 22.7 Å². The predicted molar refractivity (Wildman–Crippen MR) is 75.7 cm³/mol. The summed E-state index contributed by atoms with van der Waals surface area (Å²) >= 11 is 3.00. The van der Waals surface area contributed by atoms with Crippen LogP contribution in [0.3, 0.4) is 0 Å². The summed E-state index contributed by atoms with van der Waals surface area (Å²) in [6, 6.07) is 4.08. The third-order valence-corrected chi connectivity index (χ3v) is 4.00. The van der Waals surface area contributed by atoms with Gasteiger partial charge in [0.25, 0.3) is 11.6 Å². The molecule has 3 N–H and O–H groups in total. The van der Waals surface area contributed by atoms with Gasteiger partial charge in [0, 0.05) is 12.6 Å². The molecule has 10 heteroatoms. The quantitative estimate of drug-likeness (QED) is 0.436. The van der Waals surface area contributed by atoms with Crippen LogP contribution in [0, 0.1) is 10.1 Å². The fourth-order valence-electron chi connectivity index (χ4n) is 1.41. The van der Waals surface area contributed by atoms with Crippen molar-refractivity contribution in [3.8, 4) is 0 Å². The van der Waals surface area contributed by atoms with Crippen LogP contribution in [0.5, 0.6) is 0 Å². The van der Waals surface area contributed by atoms with E-state index in [1.807, 2.05) is 0 Å². The van der Waals surface area contributed by atoms with Crippen molar-refractivity contribution in [2.24, 2.45) is 5.14 Å². The average molecular weight is 366 g/mol. The lowest BCUT2D eigenvalue weighted by Crippen LogP contribution is -2.27. The van der Waals surface area contributed by atoms with Gasteiger partial charge in [-0.15, -0.1) is 0 Å². The molecule has 0 spiro atoms. The van der Waals surface area contributed by atoms with Gasteiger partial charge >= 0.3 is 0 Å². The smallest absolute Gasteiger partial charge is 0.284 e. The number of hydrogen-bond donors (Lipinski definition) is 2. The average Bonchev–Trinajstić information content (AvgIpc) is 2.33. The Bertz CT molecular complexity index is 632. The van der Waals surface area contributed by atoms with Crippen molar-refractivity contribution >= 4 is 37.5 Å². The lowest BCUT2D eigenvalue weighted by atomic mass is 10.2. The van der Waals surface area contributed by atoms with Gasteiger partial charge in [-0.1, -0.05) is 6.07 Å². The van der Waals surface area contributed by atoms with Gasteiger partial charge < -0.3 is 5.32 Å². The second kappa shape index (κ2) is 6.77. The summed E-state index contributed by atoms with van der Waals surface area (Å²) in [4.78, 5) is 21.9. The molecule has 0 atom stereocenters. The number of benzene rings is 1. The number of carbonyl (C=O) groups excluding carboxylic acids is 1. The maximum atomic E-state index is 11.8. The minimum absolute atomic E-state index is 0.0777. The van der Waals surface area contributed by atoms with Gasteiger partial charge in [-0.25, -0.2) is 13.6 Å². The Labute approximate surface area is 123 Å². The molecule has 1 aromatic carbocycles. The van der Waals surface area contributed by atoms with Crippen molar-refractivity contribution in [1.82, 2.24) is 5.32 Å². The second-order valence-corrected chi connectivity index (χ2v) is 6.40. The lowest BCUT2D eigenvalue weighted by Gasteiger charge is -2.06. The van der Waals surface area contributed by atoms with Gasteiger partial charge in [-0.2, -0.15) is 0 Å². The molecule has 110 valence electrons. The van der Waals surface area contributed by atoms with E-state index in [9.17, 15) is 23.3 Å². The predicted octanol–water partition coefficient (Wildman–Crippen LogP) is 0.766. The van der Waals surface area contributed by atoms with Crippen LogP contribution in [-0.2, 0) is 10.0 Å². The molecular formula is C10H12BrN3O5S. The van der Waals surface area contributed by atoms with Crippen molar-refractivity contribution in [3.63, 3.8) is 0 Å². The molecule has 0 saturated carbocycles. The molecule has 1 aromatic rings. The maximum absolute atomic E-state index is 11.8. The first kappa shape index (κ1) is 16.5. The second-order valence-electron chi connectivity index (χ2n) is 3.87. The normalized spacial score (nSPS) is 11.1. The minimum atomic E-state index is -3.56. The molecule has 0 heterocycles. The Morgan fingerprint density at radius 1 is 1.45 bits per heavy atom. The Kier molecular flexibility index (Phi) is 5.60. The molecule has 1 rings (SSSR count). The third kappa shape index (κ3) is 4.87. The van der Waals surface area contributed by atoms with Crippen LogP contribution in [0.4, 0.5) is 5.69 Å². The number of halogens is 1. The molecule has 0 aliphatic heterocycles. The van der Waals surface area contributed by atoms with Crippen molar-refractivity contribution in [1.29, 1.82) is 0 Å². The van der Waals surface area contributed by atoms with E-state index in [1.165, 1.54) is 18.2 Å². The van der Waals surface area contributed by atoms with Crippen LogP contribution < -0.4 is 10.5 Å². The fourth-order valence-corrected chi connectivity index (χ4v) is 2.54. The lowest BCUT2D eigenvalue weighted by molar-refractivity contribution is -0.385. The van der Waals surface area contributed by atoms with Crippen molar-refractivity contribution in [2.75, 3.05) is 12.3 Å². The first-order chi connectivity index (χ1) is 9.22.